The molecular weight excluding hydrogens is 364 g/mol. The monoisotopic (exact) mass is 368 g/mol. The topological polar surface area (TPSA) is 47.6 Å². The third kappa shape index (κ3) is 2.91. The van der Waals surface area contributed by atoms with Gasteiger partial charge in [0.25, 0.3) is 0 Å². The zero-order chi connectivity index (χ0) is 14.0. The standard InChI is InChI=1S/C13H6BrClN2S2/c1-7-4-11(19-13(7)14)12(15)9(6-17)10-3-2-8(5-16)18-10/h2-4H,1H3/b12-9-. The smallest absolute Gasteiger partial charge is 0.110 e. The van der Waals surface area contributed by atoms with Crippen LogP contribution in [-0.4, -0.2) is 0 Å². The Morgan fingerprint density at radius 3 is 2.47 bits per heavy atom. The molecule has 0 N–H and O–H groups in total. The SMILES string of the molecule is Cc1cc(/C(Cl)=C(\C#N)c2ccc(C#N)s2)sc1Br. The molecular formula is C13H6BrClN2S2. The highest BCUT2D eigenvalue weighted by molar-refractivity contribution is 9.11. The van der Waals surface area contributed by atoms with Crippen LogP contribution in [0.5, 0.6) is 0 Å². The van der Waals surface area contributed by atoms with E-state index in [0.717, 1.165) is 14.2 Å². The first kappa shape index (κ1) is 14.3. The summed E-state index contributed by atoms with van der Waals surface area (Å²) in [5.41, 5.74) is 1.49. The van der Waals surface area contributed by atoms with Crippen molar-refractivity contribution < 1.29 is 0 Å². The molecule has 2 heterocycles. The summed E-state index contributed by atoms with van der Waals surface area (Å²) >= 11 is 12.5. The highest BCUT2D eigenvalue weighted by Gasteiger charge is 2.14. The van der Waals surface area contributed by atoms with E-state index in [1.807, 2.05) is 13.0 Å². The molecule has 0 amide bonds. The van der Waals surface area contributed by atoms with Crippen molar-refractivity contribution in [3.8, 4) is 12.1 Å². The number of aryl methyl sites for hydroxylation is 1. The maximum Gasteiger partial charge on any atom is 0.110 e. The van der Waals surface area contributed by atoms with Crippen LogP contribution in [0.1, 0.15) is 20.2 Å². The third-order valence-corrected chi connectivity index (χ3v) is 6.03. The summed E-state index contributed by atoms with van der Waals surface area (Å²) in [5.74, 6) is 0. The fraction of sp³-hybridized carbons (Fsp3) is 0.0769. The van der Waals surface area contributed by atoms with Crippen molar-refractivity contribution in [2.45, 2.75) is 6.92 Å². The second-order valence-electron chi connectivity index (χ2n) is 3.64. The van der Waals surface area contributed by atoms with Crippen LogP contribution in [0.25, 0.3) is 10.6 Å². The number of hydrogen-bond donors (Lipinski definition) is 0. The van der Waals surface area contributed by atoms with Gasteiger partial charge >= 0.3 is 0 Å². The van der Waals surface area contributed by atoms with Crippen LogP contribution in [0.2, 0.25) is 0 Å². The second kappa shape index (κ2) is 5.90. The molecule has 94 valence electrons. The molecule has 0 saturated heterocycles. The largest absolute Gasteiger partial charge is 0.192 e. The Morgan fingerprint density at radius 1 is 1.26 bits per heavy atom. The van der Waals surface area contributed by atoms with Gasteiger partial charge in [0.2, 0.25) is 0 Å². The predicted octanol–water partition coefficient (Wildman–Crippen LogP) is 5.38. The van der Waals surface area contributed by atoms with Gasteiger partial charge in [0.15, 0.2) is 0 Å². The Hall–Kier alpha value is -1.11. The van der Waals surface area contributed by atoms with Gasteiger partial charge in [0, 0.05) is 9.75 Å². The van der Waals surface area contributed by atoms with Crippen LogP contribution in [0, 0.1) is 29.6 Å². The molecule has 0 unspecified atom stereocenters. The van der Waals surface area contributed by atoms with E-state index in [4.69, 9.17) is 16.9 Å². The summed E-state index contributed by atoms with van der Waals surface area (Å²) < 4.78 is 1.00. The highest BCUT2D eigenvalue weighted by Crippen LogP contribution is 2.38. The fourth-order valence-corrected chi connectivity index (χ4v) is 4.09. The Morgan fingerprint density at radius 2 is 2.00 bits per heavy atom. The molecule has 0 atom stereocenters. The van der Waals surface area contributed by atoms with Gasteiger partial charge in [-0.1, -0.05) is 11.6 Å². The summed E-state index contributed by atoms with van der Waals surface area (Å²) in [6.45, 7) is 1.97. The van der Waals surface area contributed by atoms with E-state index in [1.54, 1.807) is 12.1 Å². The average molecular weight is 370 g/mol. The molecule has 19 heavy (non-hydrogen) atoms. The van der Waals surface area contributed by atoms with Crippen LogP contribution < -0.4 is 0 Å². The van der Waals surface area contributed by atoms with Gasteiger partial charge in [-0.15, -0.1) is 22.7 Å². The van der Waals surface area contributed by atoms with Gasteiger partial charge in [0.1, 0.15) is 17.0 Å². The van der Waals surface area contributed by atoms with Crippen LogP contribution in [0.15, 0.2) is 22.0 Å². The first-order valence-corrected chi connectivity index (χ1v) is 7.93. The van der Waals surface area contributed by atoms with Crippen molar-refractivity contribution in [3.05, 3.63) is 42.2 Å². The minimum atomic E-state index is 0.405. The van der Waals surface area contributed by atoms with Gasteiger partial charge in [-0.05, 0) is 46.6 Å². The normalized spacial score (nSPS) is 11.6. The molecule has 2 aromatic heterocycles. The molecule has 2 aromatic rings. The first-order valence-electron chi connectivity index (χ1n) is 5.13. The summed E-state index contributed by atoms with van der Waals surface area (Å²) in [6, 6.07) is 9.56. The molecule has 0 aliphatic heterocycles. The molecule has 0 aliphatic carbocycles. The van der Waals surface area contributed by atoms with Crippen molar-refractivity contribution in [3.63, 3.8) is 0 Å². The van der Waals surface area contributed by atoms with E-state index in [2.05, 4.69) is 28.1 Å². The summed E-state index contributed by atoms with van der Waals surface area (Å²) in [6.07, 6.45) is 0. The molecule has 6 heteroatoms. The van der Waals surface area contributed by atoms with Crippen molar-refractivity contribution in [2.75, 3.05) is 0 Å². The Labute approximate surface area is 132 Å². The van der Waals surface area contributed by atoms with Gasteiger partial charge in [0.05, 0.1) is 14.4 Å². The lowest BCUT2D eigenvalue weighted by Crippen LogP contribution is -1.79. The zero-order valence-electron chi connectivity index (χ0n) is 9.70. The summed E-state index contributed by atoms with van der Waals surface area (Å²) in [5, 5.41) is 18.5. The van der Waals surface area contributed by atoms with E-state index in [0.29, 0.717) is 20.4 Å². The molecule has 0 aliphatic rings. The van der Waals surface area contributed by atoms with Gasteiger partial charge < -0.3 is 0 Å². The number of halogens is 2. The summed E-state index contributed by atoms with van der Waals surface area (Å²) in [7, 11) is 0. The van der Waals surface area contributed by atoms with Gasteiger partial charge in [-0.2, -0.15) is 10.5 Å². The quantitative estimate of drug-likeness (QED) is 0.667. The number of hydrogen-bond acceptors (Lipinski definition) is 4. The molecule has 0 aromatic carbocycles. The van der Waals surface area contributed by atoms with Gasteiger partial charge in [-0.3, -0.25) is 0 Å². The lowest BCUT2D eigenvalue weighted by atomic mass is 10.2. The first-order chi connectivity index (χ1) is 9.06. The fourth-order valence-electron chi connectivity index (χ4n) is 1.44. The number of nitrogens with zero attached hydrogens (tertiary/aromatic N) is 2. The van der Waals surface area contributed by atoms with Crippen molar-refractivity contribution in [2.24, 2.45) is 0 Å². The van der Waals surface area contributed by atoms with E-state index in [1.165, 1.54) is 22.7 Å². The third-order valence-electron chi connectivity index (χ3n) is 2.37. The van der Waals surface area contributed by atoms with E-state index < -0.39 is 0 Å². The molecule has 0 saturated carbocycles. The Kier molecular flexibility index (Phi) is 4.44. The van der Waals surface area contributed by atoms with Crippen molar-refractivity contribution >= 4 is 60.8 Å². The molecule has 0 radical (unpaired) electrons. The molecule has 2 nitrogen and oxygen atoms in total. The number of rotatable bonds is 2. The van der Waals surface area contributed by atoms with Crippen LogP contribution in [0.4, 0.5) is 0 Å². The van der Waals surface area contributed by atoms with E-state index in [9.17, 15) is 5.26 Å². The minimum Gasteiger partial charge on any atom is -0.192 e. The number of thiophene rings is 2. The number of allylic oxidation sites excluding steroid dienone is 1. The molecule has 2 rings (SSSR count). The average Bonchev–Trinajstić information content (AvgIpc) is 2.98. The van der Waals surface area contributed by atoms with Crippen molar-refractivity contribution in [1.29, 1.82) is 10.5 Å². The van der Waals surface area contributed by atoms with E-state index >= 15 is 0 Å². The zero-order valence-corrected chi connectivity index (χ0v) is 13.7. The van der Waals surface area contributed by atoms with Crippen molar-refractivity contribution in [1.82, 2.24) is 0 Å². The summed E-state index contributed by atoms with van der Waals surface area (Å²) in [4.78, 5) is 2.12. The Balaban J connectivity index is 2.54. The minimum absolute atomic E-state index is 0.405. The maximum atomic E-state index is 9.29. The second-order valence-corrected chi connectivity index (χ2v) is 7.48. The van der Waals surface area contributed by atoms with Crippen LogP contribution in [-0.2, 0) is 0 Å². The van der Waals surface area contributed by atoms with Crippen LogP contribution >= 0.6 is 50.2 Å². The van der Waals surface area contributed by atoms with Crippen LogP contribution in [0.3, 0.4) is 0 Å². The molecule has 0 spiro atoms. The predicted molar refractivity (Wildman–Crippen MR) is 84.1 cm³/mol. The van der Waals surface area contributed by atoms with Gasteiger partial charge in [-0.25, -0.2) is 0 Å². The highest BCUT2D eigenvalue weighted by atomic mass is 79.9. The molecule has 0 fully saturated rings. The lowest BCUT2D eigenvalue weighted by molar-refractivity contribution is 1.52. The lowest BCUT2D eigenvalue weighted by Gasteiger charge is -1.98. The van der Waals surface area contributed by atoms with E-state index in [-0.39, 0.29) is 0 Å². The molecule has 0 bridgehead atoms. The Bertz CT molecular complexity index is 724. The number of nitriles is 2. The maximum absolute atomic E-state index is 9.29.